The maximum atomic E-state index is 13.3. The van der Waals surface area contributed by atoms with Crippen LogP contribution in [0.25, 0.3) is 11.0 Å². The molecule has 3 heterocycles. The van der Waals surface area contributed by atoms with Crippen LogP contribution in [-0.4, -0.2) is 32.5 Å². The quantitative estimate of drug-likeness (QED) is 0.559. The highest BCUT2D eigenvalue weighted by Crippen LogP contribution is 2.37. The van der Waals surface area contributed by atoms with E-state index in [1.807, 2.05) is 40.5 Å². The first-order valence-corrected chi connectivity index (χ1v) is 11.6. The number of carbonyl (C=O) groups excluding carboxylic acids is 1. The van der Waals surface area contributed by atoms with Crippen LogP contribution in [0.3, 0.4) is 0 Å². The van der Waals surface area contributed by atoms with E-state index in [0.29, 0.717) is 18.1 Å². The Morgan fingerprint density at radius 3 is 2.80 bits per heavy atom. The number of pyridine rings is 1. The molecule has 3 aromatic rings. The summed E-state index contributed by atoms with van der Waals surface area (Å²) in [5.74, 6) is 0.189. The van der Waals surface area contributed by atoms with E-state index in [4.69, 9.17) is 4.98 Å². The van der Waals surface area contributed by atoms with Gasteiger partial charge in [-0.25, -0.2) is 9.67 Å². The lowest BCUT2D eigenvalue weighted by molar-refractivity contribution is -0.118. The van der Waals surface area contributed by atoms with Crippen molar-refractivity contribution in [1.29, 1.82) is 0 Å². The molecule has 0 N–H and O–H groups in total. The van der Waals surface area contributed by atoms with E-state index in [0.717, 1.165) is 35.4 Å². The molecule has 30 heavy (non-hydrogen) atoms. The van der Waals surface area contributed by atoms with Crippen LogP contribution >= 0.6 is 11.8 Å². The van der Waals surface area contributed by atoms with Gasteiger partial charge in [-0.15, -0.1) is 11.8 Å². The second kappa shape index (κ2) is 8.42. The fourth-order valence-electron chi connectivity index (χ4n) is 4.25. The van der Waals surface area contributed by atoms with Gasteiger partial charge in [0.1, 0.15) is 0 Å². The van der Waals surface area contributed by atoms with Crippen LogP contribution in [-0.2, 0) is 11.2 Å². The van der Waals surface area contributed by atoms with Crippen LogP contribution in [0.2, 0.25) is 0 Å². The molecule has 0 spiro atoms. The molecule has 1 unspecified atom stereocenters. The molecule has 1 atom stereocenters. The molecule has 4 rings (SSSR count). The van der Waals surface area contributed by atoms with Gasteiger partial charge in [-0.05, 0) is 63.8 Å². The van der Waals surface area contributed by atoms with E-state index in [1.165, 1.54) is 16.0 Å². The van der Waals surface area contributed by atoms with Gasteiger partial charge in [0, 0.05) is 40.2 Å². The monoisotopic (exact) mass is 422 g/mol. The number of thioether (sulfide) groups is 1. The molecule has 0 radical (unpaired) electrons. The van der Waals surface area contributed by atoms with Crippen LogP contribution in [0.5, 0.6) is 0 Å². The van der Waals surface area contributed by atoms with Crippen molar-refractivity contribution in [3.8, 4) is 0 Å². The summed E-state index contributed by atoms with van der Waals surface area (Å²) in [6.45, 7) is 11.4. The molecule has 0 fully saturated rings. The largest absolute Gasteiger partial charge is 0.311 e. The van der Waals surface area contributed by atoms with Gasteiger partial charge in [0.05, 0.1) is 11.9 Å². The minimum atomic E-state index is 0.189. The Morgan fingerprint density at radius 1 is 1.27 bits per heavy atom. The zero-order valence-electron chi connectivity index (χ0n) is 18.5. The van der Waals surface area contributed by atoms with Gasteiger partial charge >= 0.3 is 0 Å². The van der Waals surface area contributed by atoms with E-state index in [9.17, 15) is 4.79 Å². The standard InChI is InChI=1S/C24H30N4OS/c1-15(2)28-24-20(14-25-28)17(4)19(18(5)26-24)10-11-23(29)27-13-12-16(3)30-22-9-7-6-8-21(22)27/h6-9,14-16H,10-13H2,1-5H3. The molecule has 0 saturated carbocycles. The summed E-state index contributed by atoms with van der Waals surface area (Å²) in [6.07, 6.45) is 4.10. The smallest absolute Gasteiger partial charge is 0.227 e. The Balaban J connectivity index is 1.58. The first-order valence-electron chi connectivity index (χ1n) is 10.8. The summed E-state index contributed by atoms with van der Waals surface area (Å²) in [5, 5.41) is 6.12. The lowest BCUT2D eigenvalue weighted by Gasteiger charge is -2.23. The van der Waals surface area contributed by atoms with Crippen molar-refractivity contribution in [2.45, 2.75) is 70.1 Å². The number of rotatable bonds is 4. The van der Waals surface area contributed by atoms with E-state index >= 15 is 0 Å². The molecular weight excluding hydrogens is 392 g/mol. The Hall–Kier alpha value is -2.34. The van der Waals surface area contributed by atoms with Gasteiger partial charge in [0.25, 0.3) is 0 Å². The molecule has 0 aliphatic carbocycles. The van der Waals surface area contributed by atoms with Crippen molar-refractivity contribution in [1.82, 2.24) is 14.8 Å². The van der Waals surface area contributed by atoms with Gasteiger partial charge < -0.3 is 4.90 Å². The third kappa shape index (κ3) is 3.85. The van der Waals surface area contributed by atoms with Gasteiger partial charge in [0.2, 0.25) is 5.91 Å². The first kappa shape index (κ1) is 20.9. The Morgan fingerprint density at radius 2 is 2.03 bits per heavy atom. The average Bonchev–Trinajstić information content (AvgIpc) is 3.05. The summed E-state index contributed by atoms with van der Waals surface area (Å²) in [6, 6.07) is 8.54. The first-order chi connectivity index (χ1) is 14.4. The van der Waals surface area contributed by atoms with Gasteiger partial charge in [-0.3, -0.25) is 4.79 Å². The van der Waals surface area contributed by atoms with Crippen molar-refractivity contribution in [2.24, 2.45) is 0 Å². The van der Waals surface area contributed by atoms with Gasteiger partial charge in [-0.1, -0.05) is 19.1 Å². The Kier molecular flexibility index (Phi) is 5.87. The summed E-state index contributed by atoms with van der Waals surface area (Å²) < 4.78 is 1.97. The highest BCUT2D eigenvalue weighted by Gasteiger charge is 2.24. The molecule has 5 nitrogen and oxygen atoms in total. The summed E-state index contributed by atoms with van der Waals surface area (Å²) >= 11 is 1.87. The van der Waals surface area contributed by atoms with Crippen molar-refractivity contribution in [2.75, 3.05) is 11.4 Å². The van der Waals surface area contributed by atoms with Crippen molar-refractivity contribution in [3.63, 3.8) is 0 Å². The molecule has 1 amide bonds. The maximum Gasteiger partial charge on any atom is 0.227 e. The highest BCUT2D eigenvalue weighted by atomic mass is 32.2. The van der Waals surface area contributed by atoms with Crippen molar-refractivity contribution < 1.29 is 4.79 Å². The Labute approximate surface area is 182 Å². The second-order valence-electron chi connectivity index (χ2n) is 8.45. The molecule has 1 aliphatic heterocycles. The normalized spacial score (nSPS) is 16.7. The molecule has 2 aromatic heterocycles. The fraction of sp³-hybridized carbons (Fsp3) is 0.458. The van der Waals surface area contributed by atoms with Crippen molar-refractivity contribution >= 4 is 34.4 Å². The predicted octanol–water partition coefficient (Wildman–Crippen LogP) is 5.48. The lowest BCUT2D eigenvalue weighted by Crippen LogP contribution is -2.32. The number of carbonyl (C=O) groups is 1. The second-order valence-corrected chi connectivity index (χ2v) is 9.93. The number of hydrogen-bond acceptors (Lipinski definition) is 4. The third-order valence-electron chi connectivity index (χ3n) is 5.96. The van der Waals surface area contributed by atoms with Crippen molar-refractivity contribution in [3.05, 3.63) is 47.3 Å². The number of aryl methyl sites for hydroxylation is 2. The van der Waals surface area contributed by atoms with E-state index < -0.39 is 0 Å². The molecule has 6 heteroatoms. The fourth-order valence-corrected chi connectivity index (χ4v) is 5.36. The molecule has 158 valence electrons. The third-order valence-corrected chi connectivity index (χ3v) is 7.20. The lowest BCUT2D eigenvalue weighted by atomic mass is 10.00. The molecule has 0 bridgehead atoms. The Bertz CT molecular complexity index is 1090. The molecule has 0 saturated heterocycles. The van der Waals surface area contributed by atoms with E-state index in [2.05, 4.69) is 51.0 Å². The van der Waals surface area contributed by atoms with Gasteiger partial charge in [0.15, 0.2) is 5.65 Å². The number of hydrogen-bond donors (Lipinski definition) is 0. The zero-order valence-corrected chi connectivity index (χ0v) is 19.3. The summed E-state index contributed by atoms with van der Waals surface area (Å²) in [4.78, 5) is 21.3. The number of amides is 1. The van der Waals surface area contributed by atoms with Crippen LogP contribution in [0.1, 0.15) is 56.5 Å². The SMILES string of the molecule is Cc1nc2c(cnn2C(C)C)c(C)c1CCC(=O)N1CCC(C)Sc2ccccc21. The molecule has 1 aromatic carbocycles. The topological polar surface area (TPSA) is 51.0 Å². The number of aromatic nitrogens is 3. The van der Waals surface area contributed by atoms with Crippen LogP contribution in [0.4, 0.5) is 5.69 Å². The van der Waals surface area contributed by atoms with E-state index in [-0.39, 0.29) is 11.9 Å². The predicted molar refractivity (Wildman–Crippen MR) is 124 cm³/mol. The highest BCUT2D eigenvalue weighted by molar-refractivity contribution is 8.00. The summed E-state index contributed by atoms with van der Waals surface area (Å²) in [7, 11) is 0. The minimum absolute atomic E-state index is 0.189. The number of benzene rings is 1. The zero-order chi connectivity index (χ0) is 21.4. The number of fused-ring (bicyclic) bond motifs is 2. The van der Waals surface area contributed by atoms with Crippen LogP contribution in [0.15, 0.2) is 35.4 Å². The van der Waals surface area contributed by atoms with E-state index in [1.54, 1.807) is 0 Å². The molecule has 1 aliphatic rings. The minimum Gasteiger partial charge on any atom is -0.311 e. The van der Waals surface area contributed by atoms with Gasteiger partial charge in [-0.2, -0.15) is 5.10 Å². The van der Waals surface area contributed by atoms with Crippen LogP contribution < -0.4 is 4.90 Å². The maximum absolute atomic E-state index is 13.3. The number of anilines is 1. The average molecular weight is 423 g/mol. The number of nitrogens with zero attached hydrogens (tertiary/aromatic N) is 4. The summed E-state index contributed by atoms with van der Waals surface area (Å²) in [5.41, 5.74) is 5.35. The number of para-hydroxylation sites is 1. The molecular formula is C24H30N4OS. The van der Waals surface area contributed by atoms with Crippen LogP contribution in [0, 0.1) is 13.8 Å².